The van der Waals surface area contributed by atoms with Crippen LogP contribution in [0.4, 0.5) is 0 Å². The zero-order valence-electron chi connectivity index (χ0n) is 5.87. The molecule has 12 heavy (non-hydrogen) atoms. The van der Waals surface area contributed by atoms with Crippen LogP contribution in [0.3, 0.4) is 0 Å². The molecule has 0 saturated carbocycles. The monoisotopic (exact) mass is 205 g/mol. The van der Waals surface area contributed by atoms with E-state index in [0.717, 1.165) is 0 Å². The first-order chi connectivity index (χ1) is 5.79. The normalized spacial score (nSPS) is 9.83. The van der Waals surface area contributed by atoms with Gasteiger partial charge < -0.3 is 8.41 Å². The van der Waals surface area contributed by atoms with Crippen molar-refractivity contribution < 1.29 is 13.5 Å². The van der Waals surface area contributed by atoms with E-state index in [-0.39, 0.29) is 11.2 Å². The van der Waals surface area contributed by atoms with Gasteiger partial charge in [0.15, 0.2) is 5.75 Å². The maximum Gasteiger partial charge on any atom is 0.531 e. The van der Waals surface area contributed by atoms with Gasteiger partial charge in [0.2, 0.25) is 0 Å². The predicted molar refractivity (Wildman–Crippen MR) is 45.8 cm³/mol. The fraction of sp³-hybridized carbons (Fsp3) is 0. The molecular formula is C6H4BCl2O3. The van der Waals surface area contributed by atoms with Crippen LogP contribution in [0.5, 0.6) is 5.75 Å². The van der Waals surface area contributed by atoms with Gasteiger partial charge in [0.25, 0.3) is 0 Å². The Kier molecular flexibility index (Phi) is 3.68. The van der Waals surface area contributed by atoms with Gasteiger partial charge in [-0.2, -0.15) is 0 Å². The van der Waals surface area contributed by atoms with Gasteiger partial charge in [0.05, 0.1) is 0 Å². The van der Waals surface area contributed by atoms with Gasteiger partial charge in [-0.3, -0.25) is 5.11 Å². The van der Waals surface area contributed by atoms with Crippen molar-refractivity contribution in [2.24, 2.45) is 0 Å². The highest BCUT2D eigenvalue weighted by atomic mass is 35.5. The molecule has 0 bridgehead atoms. The smallest absolute Gasteiger partial charge is 0.301 e. The molecule has 0 amide bonds. The van der Waals surface area contributed by atoms with E-state index in [2.05, 4.69) is 8.41 Å². The van der Waals surface area contributed by atoms with Crippen molar-refractivity contribution in [3.8, 4) is 5.75 Å². The van der Waals surface area contributed by atoms with Crippen molar-refractivity contribution in [1.82, 2.24) is 0 Å². The molecule has 1 radical (unpaired) electrons. The first kappa shape index (κ1) is 9.67. The van der Waals surface area contributed by atoms with Crippen LogP contribution >= 0.6 is 23.7 Å². The SMILES string of the molecule is [O]c1ccccc1B(OCl)OCl. The molecule has 0 unspecified atom stereocenters. The maximum atomic E-state index is 11.1. The van der Waals surface area contributed by atoms with Crippen LogP contribution in [0.1, 0.15) is 0 Å². The quantitative estimate of drug-likeness (QED) is 0.707. The molecule has 0 aliphatic heterocycles. The minimum atomic E-state index is -1.03. The summed E-state index contributed by atoms with van der Waals surface area (Å²) in [6.45, 7) is 0. The summed E-state index contributed by atoms with van der Waals surface area (Å²) < 4.78 is 8.57. The van der Waals surface area contributed by atoms with Crippen LogP contribution in [-0.2, 0) is 13.5 Å². The first-order valence-corrected chi connectivity index (χ1v) is 3.72. The van der Waals surface area contributed by atoms with Crippen molar-refractivity contribution in [1.29, 1.82) is 0 Å². The van der Waals surface area contributed by atoms with E-state index in [0.29, 0.717) is 0 Å². The molecule has 0 aromatic heterocycles. The Morgan fingerprint density at radius 2 is 1.75 bits per heavy atom. The third-order valence-electron chi connectivity index (χ3n) is 1.33. The Labute approximate surface area is 80.3 Å². The second-order valence-corrected chi connectivity index (χ2v) is 2.40. The summed E-state index contributed by atoms with van der Waals surface area (Å²) in [6.07, 6.45) is 0. The molecule has 0 fully saturated rings. The van der Waals surface area contributed by atoms with Crippen LogP contribution in [0.15, 0.2) is 24.3 Å². The van der Waals surface area contributed by atoms with Crippen molar-refractivity contribution in [3.63, 3.8) is 0 Å². The molecule has 0 spiro atoms. The molecule has 1 rings (SSSR count). The van der Waals surface area contributed by atoms with Crippen LogP contribution < -0.4 is 5.46 Å². The van der Waals surface area contributed by atoms with E-state index in [1.165, 1.54) is 12.1 Å². The number of benzene rings is 1. The van der Waals surface area contributed by atoms with E-state index in [4.69, 9.17) is 23.7 Å². The molecule has 0 aliphatic carbocycles. The van der Waals surface area contributed by atoms with Crippen LogP contribution in [0.2, 0.25) is 0 Å². The van der Waals surface area contributed by atoms with Crippen molar-refractivity contribution >= 4 is 36.3 Å². The maximum absolute atomic E-state index is 11.1. The zero-order valence-corrected chi connectivity index (χ0v) is 7.38. The topological polar surface area (TPSA) is 38.4 Å². The van der Waals surface area contributed by atoms with E-state index < -0.39 is 7.12 Å². The van der Waals surface area contributed by atoms with Gasteiger partial charge in [-0.1, -0.05) is 18.2 Å². The van der Waals surface area contributed by atoms with Crippen molar-refractivity contribution in [3.05, 3.63) is 24.3 Å². The predicted octanol–water partition coefficient (Wildman–Crippen LogP) is 1.87. The summed E-state index contributed by atoms with van der Waals surface area (Å²) >= 11 is 10.1. The Bertz CT molecular complexity index is 254. The second kappa shape index (κ2) is 4.57. The van der Waals surface area contributed by atoms with Crippen LogP contribution in [-0.4, -0.2) is 7.12 Å². The zero-order chi connectivity index (χ0) is 8.97. The highest BCUT2D eigenvalue weighted by Gasteiger charge is 2.24. The number of hydrogen-bond acceptors (Lipinski definition) is 2. The molecule has 3 nitrogen and oxygen atoms in total. The molecule has 0 N–H and O–H groups in total. The molecule has 63 valence electrons. The van der Waals surface area contributed by atoms with Gasteiger partial charge in [-0.25, -0.2) is 0 Å². The van der Waals surface area contributed by atoms with E-state index in [1.807, 2.05) is 0 Å². The van der Waals surface area contributed by atoms with Gasteiger partial charge in [-0.05, 0) is 6.07 Å². The summed E-state index contributed by atoms with van der Waals surface area (Å²) in [7, 11) is -1.03. The highest BCUT2D eigenvalue weighted by Crippen LogP contribution is 2.08. The number of rotatable bonds is 3. The largest absolute Gasteiger partial charge is 0.531 e. The molecular weight excluding hydrogens is 202 g/mol. The Morgan fingerprint density at radius 1 is 1.17 bits per heavy atom. The second-order valence-electron chi connectivity index (χ2n) is 2.05. The Balaban J connectivity index is 2.92. The standard InChI is InChI=1S/C6H4BCl2O3/c8-11-7(12-9)5-3-1-2-4-6(5)10/h1-4H. The van der Waals surface area contributed by atoms with Gasteiger partial charge in [-0.15, -0.1) is 0 Å². The molecule has 1 aromatic carbocycles. The van der Waals surface area contributed by atoms with Gasteiger partial charge >= 0.3 is 7.12 Å². The van der Waals surface area contributed by atoms with Gasteiger partial charge in [0, 0.05) is 29.2 Å². The summed E-state index contributed by atoms with van der Waals surface area (Å²) in [6, 6.07) is 6.16. The van der Waals surface area contributed by atoms with Crippen LogP contribution in [0.25, 0.3) is 0 Å². The first-order valence-electron chi connectivity index (χ1n) is 3.10. The summed E-state index contributed by atoms with van der Waals surface area (Å²) in [5.74, 6) is -0.233. The average molecular weight is 206 g/mol. The number of halogens is 2. The third kappa shape index (κ3) is 2.05. The molecule has 0 atom stereocenters. The van der Waals surface area contributed by atoms with Crippen molar-refractivity contribution in [2.45, 2.75) is 0 Å². The minimum absolute atomic E-state index is 0.233. The van der Waals surface area contributed by atoms with E-state index in [9.17, 15) is 5.11 Å². The molecule has 1 aromatic rings. The average Bonchev–Trinajstić information content (AvgIpc) is 2.10. The lowest BCUT2D eigenvalue weighted by atomic mass is 9.79. The van der Waals surface area contributed by atoms with E-state index >= 15 is 0 Å². The fourth-order valence-corrected chi connectivity index (χ4v) is 1.09. The lowest BCUT2D eigenvalue weighted by molar-refractivity contribution is 0.356. The fourth-order valence-electron chi connectivity index (χ4n) is 0.785. The highest BCUT2D eigenvalue weighted by molar-refractivity contribution is 6.68. The number of hydrogen-bond donors (Lipinski definition) is 0. The number of para-hydroxylation sites is 1. The molecule has 0 saturated heterocycles. The lowest BCUT2D eigenvalue weighted by Crippen LogP contribution is -2.31. The molecule has 0 heterocycles. The summed E-state index contributed by atoms with van der Waals surface area (Å²) in [5.41, 5.74) is 0.266. The summed E-state index contributed by atoms with van der Waals surface area (Å²) in [4.78, 5) is 0. The molecule has 6 heteroatoms. The van der Waals surface area contributed by atoms with Crippen LogP contribution in [0, 0.1) is 0 Å². The summed E-state index contributed by atoms with van der Waals surface area (Å²) in [5, 5.41) is 11.1. The Hall–Kier alpha value is -0.415. The van der Waals surface area contributed by atoms with Crippen molar-refractivity contribution in [2.75, 3.05) is 0 Å². The van der Waals surface area contributed by atoms with E-state index in [1.54, 1.807) is 12.1 Å². The Morgan fingerprint density at radius 3 is 2.25 bits per heavy atom. The minimum Gasteiger partial charge on any atom is -0.301 e. The molecule has 0 aliphatic rings. The van der Waals surface area contributed by atoms with Gasteiger partial charge in [0.1, 0.15) is 0 Å². The lowest BCUT2D eigenvalue weighted by Gasteiger charge is -2.03. The third-order valence-corrected chi connectivity index (χ3v) is 1.66.